The zero-order valence-electron chi connectivity index (χ0n) is 14.2. The van der Waals surface area contributed by atoms with Crippen LogP contribution >= 0.6 is 0 Å². The van der Waals surface area contributed by atoms with Crippen LogP contribution in [0.25, 0.3) is 0 Å². The zero-order valence-corrected chi connectivity index (χ0v) is 14.2. The van der Waals surface area contributed by atoms with Crippen molar-refractivity contribution in [1.82, 2.24) is 10.3 Å². The molecule has 2 atom stereocenters. The van der Waals surface area contributed by atoms with Gasteiger partial charge in [-0.1, -0.05) is 33.8 Å². The van der Waals surface area contributed by atoms with Crippen molar-refractivity contribution >= 4 is 5.82 Å². The molecule has 0 aromatic carbocycles. The van der Waals surface area contributed by atoms with Crippen molar-refractivity contribution in [3.63, 3.8) is 0 Å². The Bertz CT molecular complexity index is 409. The van der Waals surface area contributed by atoms with E-state index in [2.05, 4.69) is 69.9 Å². The third-order valence-corrected chi connectivity index (χ3v) is 4.15. The highest BCUT2D eigenvalue weighted by atomic mass is 15.2. The molecule has 114 valence electrons. The van der Waals surface area contributed by atoms with E-state index in [1.54, 1.807) is 0 Å². The minimum Gasteiger partial charge on any atom is -0.356 e. The predicted octanol–water partition coefficient (Wildman–Crippen LogP) is 4.01. The lowest BCUT2D eigenvalue weighted by molar-refractivity contribution is 0.328. The minimum atomic E-state index is 0.226. The first-order valence-electron chi connectivity index (χ1n) is 7.70. The van der Waals surface area contributed by atoms with E-state index in [1.165, 1.54) is 5.56 Å². The lowest BCUT2D eigenvalue weighted by atomic mass is 9.87. The van der Waals surface area contributed by atoms with Crippen LogP contribution in [0.3, 0.4) is 0 Å². The number of nitrogens with zero attached hydrogens (tertiary/aromatic N) is 2. The molecule has 1 aromatic rings. The average molecular weight is 277 g/mol. The summed E-state index contributed by atoms with van der Waals surface area (Å²) in [6, 6.07) is 4.96. The normalized spacial score (nSPS) is 14.9. The Kier molecular flexibility index (Phi) is 6.00. The van der Waals surface area contributed by atoms with Gasteiger partial charge in [-0.25, -0.2) is 4.98 Å². The van der Waals surface area contributed by atoms with Crippen molar-refractivity contribution in [2.75, 3.05) is 18.5 Å². The van der Waals surface area contributed by atoms with Crippen LogP contribution in [0.2, 0.25) is 0 Å². The Morgan fingerprint density at radius 2 is 1.95 bits per heavy atom. The van der Waals surface area contributed by atoms with Crippen molar-refractivity contribution in [2.45, 2.75) is 60.0 Å². The van der Waals surface area contributed by atoms with Gasteiger partial charge in [0.15, 0.2) is 0 Å². The van der Waals surface area contributed by atoms with Gasteiger partial charge in [0, 0.05) is 30.9 Å². The Morgan fingerprint density at radius 3 is 2.50 bits per heavy atom. The number of aromatic nitrogens is 1. The van der Waals surface area contributed by atoms with Crippen LogP contribution in [-0.2, 0) is 0 Å². The molecular formula is C17H31N3. The Morgan fingerprint density at radius 1 is 1.30 bits per heavy atom. The van der Waals surface area contributed by atoms with Crippen LogP contribution < -0.4 is 10.2 Å². The molecule has 0 amide bonds. The fraction of sp³-hybridized carbons (Fsp3) is 0.706. The molecule has 0 radical (unpaired) electrons. The van der Waals surface area contributed by atoms with Gasteiger partial charge in [0.25, 0.3) is 0 Å². The number of anilines is 1. The van der Waals surface area contributed by atoms with Crippen LogP contribution in [0.5, 0.6) is 0 Å². The smallest absolute Gasteiger partial charge is 0.133 e. The second kappa shape index (κ2) is 7.07. The third-order valence-electron chi connectivity index (χ3n) is 4.15. The van der Waals surface area contributed by atoms with Gasteiger partial charge in [-0.2, -0.15) is 0 Å². The van der Waals surface area contributed by atoms with Crippen LogP contribution in [0.4, 0.5) is 5.82 Å². The van der Waals surface area contributed by atoms with E-state index in [1.807, 2.05) is 12.3 Å². The zero-order chi connectivity index (χ0) is 15.3. The Labute approximate surface area is 124 Å². The number of hydrogen-bond acceptors (Lipinski definition) is 3. The van der Waals surface area contributed by atoms with Crippen LogP contribution in [0.1, 0.15) is 59.6 Å². The Hall–Kier alpha value is -1.09. The van der Waals surface area contributed by atoms with Gasteiger partial charge in [0.2, 0.25) is 0 Å². The van der Waals surface area contributed by atoms with Crippen molar-refractivity contribution in [1.29, 1.82) is 0 Å². The van der Waals surface area contributed by atoms with Crippen LogP contribution in [0.15, 0.2) is 18.3 Å². The summed E-state index contributed by atoms with van der Waals surface area (Å²) in [7, 11) is 2.15. The molecule has 1 rings (SSSR count). The second-order valence-electron chi connectivity index (χ2n) is 6.74. The molecule has 0 aliphatic heterocycles. The van der Waals surface area contributed by atoms with E-state index in [4.69, 9.17) is 0 Å². The van der Waals surface area contributed by atoms with Gasteiger partial charge in [0.1, 0.15) is 5.82 Å². The summed E-state index contributed by atoms with van der Waals surface area (Å²) in [4.78, 5) is 6.93. The van der Waals surface area contributed by atoms with Crippen molar-refractivity contribution < 1.29 is 0 Å². The molecule has 20 heavy (non-hydrogen) atoms. The van der Waals surface area contributed by atoms with Gasteiger partial charge in [-0.05, 0) is 38.3 Å². The molecule has 0 saturated heterocycles. The van der Waals surface area contributed by atoms with Crippen LogP contribution in [-0.4, -0.2) is 24.6 Å². The van der Waals surface area contributed by atoms with Gasteiger partial charge in [-0.15, -0.1) is 0 Å². The molecule has 0 saturated carbocycles. The Balaban J connectivity index is 3.00. The summed E-state index contributed by atoms with van der Waals surface area (Å²) in [5.41, 5.74) is 1.50. The monoisotopic (exact) mass is 277 g/mol. The molecule has 1 heterocycles. The summed E-state index contributed by atoms with van der Waals surface area (Å²) in [5.74, 6) is 1.09. The molecule has 0 aliphatic carbocycles. The third kappa shape index (κ3) is 4.20. The first-order chi connectivity index (χ1) is 9.29. The fourth-order valence-corrected chi connectivity index (χ4v) is 2.28. The first-order valence-corrected chi connectivity index (χ1v) is 7.70. The van der Waals surface area contributed by atoms with Gasteiger partial charge < -0.3 is 10.2 Å². The highest BCUT2D eigenvalue weighted by Crippen LogP contribution is 2.30. The summed E-state index contributed by atoms with van der Waals surface area (Å²) in [6.07, 6.45) is 3.03. The molecule has 0 fully saturated rings. The number of hydrogen-bond donors (Lipinski definition) is 1. The molecule has 2 unspecified atom stereocenters. The van der Waals surface area contributed by atoms with E-state index in [0.717, 1.165) is 18.8 Å². The molecular weight excluding hydrogens is 246 g/mol. The summed E-state index contributed by atoms with van der Waals surface area (Å²) in [6.45, 7) is 14.5. The largest absolute Gasteiger partial charge is 0.356 e. The molecule has 0 aliphatic rings. The van der Waals surface area contributed by atoms with Gasteiger partial charge in [0.05, 0.1) is 0 Å². The molecule has 3 heteroatoms. The maximum atomic E-state index is 4.63. The second-order valence-corrected chi connectivity index (χ2v) is 6.74. The SMILES string of the molecule is CCCNC(C)c1cccnc1N(C)C(C)C(C)(C)C. The van der Waals surface area contributed by atoms with E-state index in [9.17, 15) is 0 Å². The highest BCUT2D eigenvalue weighted by Gasteiger charge is 2.26. The lowest BCUT2D eigenvalue weighted by Gasteiger charge is -2.37. The topological polar surface area (TPSA) is 28.2 Å². The van der Waals surface area contributed by atoms with Crippen molar-refractivity contribution in [2.24, 2.45) is 5.41 Å². The number of nitrogens with one attached hydrogen (secondary N) is 1. The fourth-order valence-electron chi connectivity index (χ4n) is 2.28. The highest BCUT2D eigenvalue weighted by molar-refractivity contribution is 5.48. The standard InChI is InChI=1S/C17H31N3/c1-8-11-18-13(2)15-10-9-12-19-16(15)20(7)14(3)17(4,5)6/h9-10,12-14,18H,8,11H2,1-7H3. The van der Waals surface area contributed by atoms with E-state index < -0.39 is 0 Å². The lowest BCUT2D eigenvalue weighted by Crippen LogP contribution is -2.40. The van der Waals surface area contributed by atoms with Gasteiger partial charge >= 0.3 is 0 Å². The van der Waals surface area contributed by atoms with Crippen molar-refractivity contribution in [3.05, 3.63) is 23.9 Å². The van der Waals surface area contributed by atoms with E-state index >= 15 is 0 Å². The molecule has 1 N–H and O–H groups in total. The first kappa shape index (κ1) is 17.0. The maximum absolute atomic E-state index is 4.63. The molecule has 1 aromatic heterocycles. The number of rotatable bonds is 6. The molecule has 3 nitrogen and oxygen atoms in total. The molecule has 0 bridgehead atoms. The average Bonchev–Trinajstić information content (AvgIpc) is 2.42. The quantitative estimate of drug-likeness (QED) is 0.851. The van der Waals surface area contributed by atoms with Gasteiger partial charge in [-0.3, -0.25) is 0 Å². The number of pyridine rings is 1. The predicted molar refractivity (Wildman–Crippen MR) is 88.3 cm³/mol. The summed E-state index contributed by atoms with van der Waals surface area (Å²) < 4.78 is 0. The molecule has 0 spiro atoms. The van der Waals surface area contributed by atoms with E-state index in [0.29, 0.717) is 12.1 Å². The minimum absolute atomic E-state index is 0.226. The summed E-state index contributed by atoms with van der Waals surface area (Å²) in [5, 5.41) is 3.55. The van der Waals surface area contributed by atoms with Crippen LogP contribution in [0, 0.1) is 5.41 Å². The van der Waals surface area contributed by atoms with E-state index in [-0.39, 0.29) is 5.41 Å². The maximum Gasteiger partial charge on any atom is 0.133 e. The van der Waals surface area contributed by atoms with Crippen molar-refractivity contribution in [3.8, 4) is 0 Å². The summed E-state index contributed by atoms with van der Waals surface area (Å²) >= 11 is 0.